The van der Waals surface area contributed by atoms with Gasteiger partial charge >= 0.3 is 0 Å². The molecule has 4 unspecified atom stereocenters. The highest BCUT2D eigenvalue weighted by Crippen LogP contribution is 2.23. The quantitative estimate of drug-likeness (QED) is 0.771. The predicted octanol–water partition coefficient (Wildman–Crippen LogP) is 2.24. The van der Waals surface area contributed by atoms with Gasteiger partial charge < -0.3 is 9.64 Å². The first-order valence-corrected chi connectivity index (χ1v) is 7.60. The Balaban J connectivity index is 2.77. The average molecular weight is 270 g/mol. The second-order valence-corrected chi connectivity index (χ2v) is 5.98. The molecule has 0 aromatic rings. The van der Waals surface area contributed by atoms with Crippen LogP contribution in [0.4, 0.5) is 0 Å². The van der Waals surface area contributed by atoms with E-state index in [0.717, 1.165) is 6.42 Å². The van der Waals surface area contributed by atoms with Crippen LogP contribution in [-0.4, -0.2) is 42.3 Å². The van der Waals surface area contributed by atoms with Crippen molar-refractivity contribution in [3.05, 3.63) is 0 Å². The fourth-order valence-corrected chi connectivity index (χ4v) is 2.67. The van der Waals surface area contributed by atoms with Crippen LogP contribution in [0.1, 0.15) is 48.0 Å². The van der Waals surface area contributed by atoms with Gasteiger partial charge in [-0.25, -0.2) is 0 Å². The van der Waals surface area contributed by atoms with Crippen molar-refractivity contribution in [3.63, 3.8) is 0 Å². The Hall–Kier alpha value is -0.610. The fourth-order valence-electron chi connectivity index (χ4n) is 2.67. The summed E-state index contributed by atoms with van der Waals surface area (Å²) in [5.41, 5.74) is 0. The molecule has 4 nitrogen and oxygen atoms in total. The molecule has 1 heterocycles. The first kappa shape index (κ1) is 16.4. The first-order valence-electron chi connectivity index (χ1n) is 7.60. The molecule has 1 N–H and O–H groups in total. The molecule has 0 aliphatic carbocycles. The molecule has 1 aliphatic heterocycles. The van der Waals surface area contributed by atoms with Crippen LogP contribution in [0.2, 0.25) is 0 Å². The van der Waals surface area contributed by atoms with Crippen LogP contribution < -0.4 is 5.32 Å². The third kappa shape index (κ3) is 3.93. The van der Waals surface area contributed by atoms with E-state index < -0.39 is 0 Å². The topological polar surface area (TPSA) is 41.6 Å². The first-order chi connectivity index (χ1) is 8.92. The molecule has 0 bridgehead atoms. The van der Waals surface area contributed by atoms with Gasteiger partial charge in [-0.3, -0.25) is 10.1 Å². The normalized spacial score (nSPS) is 27.1. The summed E-state index contributed by atoms with van der Waals surface area (Å²) < 4.78 is 5.58. The van der Waals surface area contributed by atoms with E-state index in [1.807, 2.05) is 18.7 Å². The molecule has 0 radical (unpaired) electrons. The van der Waals surface area contributed by atoms with Crippen LogP contribution in [-0.2, 0) is 9.53 Å². The molecule has 1 rings (SSSR count). The van der Waals surface area contributed by atoms with Gasteiger partial charge in [0.15, 0.2) is 0 Å². The SMILES string of the molecule is CCOC(C)CN1C(=O)C(C(C)CC)NC1C(C)C. The van der Waals surface area contributed by atoms with Crippen LogP contribution in [0.15, 0.2) is 0 Å². The van der Waals surface area contributed by atoms with Gasteiger partial charge in [-0.05, 0) is 25.7 Å². The van der Waals surface area contributed by atoms with Crippen molar-refractivity contribution >= 4 is 5.91 Å². The zero-order valence-electron chi connectivity index (χ0n) is 13.3. The third-order valence-corrected chi connectivity index (χ3v) is 3.98. The number of hydrogen-bond donors (Lipinski definition) is 1. The Morgan fingerprint density at radius 1 is 1.26 bits per heavy atom. The number of hydrogen-bond acceptors (Lipinski definition) is 3. The average Bonchev–Trinajstić information content (AvgIpc) is 2.67. The van der Waals surface area contributed by atoms with Crippen LogP contribution in [0.25, 0.3) is 0 Å². The van der Waals surface area contributed by atoms with Crippen LogP contribution in [0.3, 0.4) is 0 Å². The number of amides is 1. The van der Waals surface area contributed by atoms with Crippen molar-refractivity contribution in [2.75, 3.05) is 13.2 Å². The van der Waals surface area contributed by atoms with Gasteiger partial charge in [-0.1, -0.05) is 34.1 Å². The summed E-state index contributed by atoms with van der Waals surface area (Å²) in [6.07, 6.45) is 1.24. The van der Waals surface area contributed by atoms with E-state index in [2.05, 4.69) is 33.0 Å². The maximum Gasteiger partial charge on any atom is 0.241 e. The molecule has 1 amide bonds. The van der Waals surface area contributed by atoms with Crippen LogP contribution >= 0.6 is 0 Å². The van der Waals surface area contributed by atoms with E-state index in [1.165, 1.54) is 0 Å². The molecule has 19 heavy (non-hydrogen) atoms. The Morgan fingerprint density at radius 2 is 1.89 bits per heavy atom. The summed E-state index contributed by atoms with van der Waals surface area (Å²) >= 11 is 0. The molecule has 0 aromatic heterocycles. The van der Waals surface area contributed by atoms with Crippen molar-refractivity contribution in [2.45, 2.75) is 66.3 Å². The lowest BCUT2D eigenvalue weighted by atomic mass is 9.99. The number of nitrogens with zero attached hydrogens (tertiary/aromatic N) is 1. The van der Waals surface area contributed by atoms with Gasteiger partial charge in [0.25, 0.3) is 0 Å². The second kappa shape index (κ2) is 7.25. The molecule has 0 spiro atoms. The number of rotatable bonds is 7. The molecule has 1 saturated heterocycles. The van der Waals surface area contributed by atoms with E-state index in [1.54, 1.807) is 0 Å². The Kier molecular flexibility index (Phi) is 6.27. The summed E-state index contributed by atoms with van der Waals surface area (Å²) in [6.45, 7) is 14.0. The highest BCUT2D eigenvalue weighted by atomic mass is 16.5. The van der Waals surface area contributed by atoms with Crippen molar-refractivity contribution in [3.8, 4) is 0 Å². The number of nitrogens with one attached hydrogen (secondary N) is 1. The van der Waals surface area contributed by atoms with Crippen molar-refractivity contribution in [2.24, 2.45) is 11.8 Å². The largest absolute Gasteiger partial charge is 0.377 e. The Morgan fingerprint density at radius 3 is 2.37 bits per heavy atom. The summed E-state index contributed by atoms with van der Waals surface area (Å²) in [5.74, 6) is 1.02. The van der Waals surface area contributed by atoms with Gasteiger partial charge in [-0.15, -0.1) is 0 Å². The Labute approximate surface area is 117 Å². The minimum atomic E-state index is -0.0359. The van der Waals surface area contributed by atoms with Crippen molar-refractivity contribution < 1.29 is 9.53 Å². The van der Waals surface area contributed by atoms with E-state index in [4.69, 9.17) is 4.74 Å². The molecular formula is C15H30N2O2. The molecule has 112 valence electrons. The van der Waals surface area contributed by atoms with E-state index in [-0.39, 0.29) is 24.2 Å². The summed E-state index contributed by atoms with van der Waals surface area (Å²) in [5, 5.41) is 3.51. The maximum absolute atomic E-state index is 12.6. The summed E-state index contributed by atoms with van der Waals surface area (Å²) in [6, 6.07) is -0.0359. The monoisotopic (exact) mass is 270 g/mol. The van der Waals surface area contributed by atoms with E-state index in [0.29, 0.717) is 25.0 Å². The fraction of sp³-hybridized carbons (Fsp3) is 0.933. The number of carbonyl (C=O) groups excluding carboxylic acids is 1. The zero-order chi connectivity index (χ0) is 14.6. The van der Waals surface area contributed by atoms with Crippen molar-refractivity contribution in [1.29, 1.82) is 0 Å². The lowest BCUT2D eigenvalue weighted by Gasteiger charge is -2.29. The lowest BCUT2D eigenvalue weighted by molar-refractivity contribution is -0.133. The molecule has 1 aliphatic rings. The minimum Gasteiger partial charge on any atom is -0.377 e. The highest BCUT2D eigenvalue weighted by Gasteiger charge is 2.42. The Bertz CT molecular complexity index is 294. The second-order valence-electron chi connectivity index (χ2n) is 5.98. The third-order valence-electron chi connectivity index (χ3n) is 3.98. The molecular weight excluding hydrogens is 240 g/mol. The van der Waals surface area contributed by atoms with Crippen molar-refractivity contribution in [1.82, 2.24) is 10.2 Å². The van der Waals surface area contributed by atoms with E-state index >= 15 is 0 Å². The minimum absolute atomic E-state index is 0.0359. The number of ether oxygens (including phenoxy) is 1. The standard InChI is InChI=1S/C15H30N2O2/c1-7-11(5)13-15(18)17(9-12(6)19-8-2)14(16-13)10(3)4/h10-14,16H,7-9H2,1-6H3. The molecule has 4 heteroatoms. The highest BCUT2D eigenvalue weighted by molar-refractivity contribution is 5.84. The van der Waals surface area contributed by atoms with Crippen LogP contribution in [0.5, 0.6) is 0 Å². The molecule has 0 saturated carbocycles. The number of carbonyl (C=O) groups is 1. The molecule has 0 aromatic carbocycles. The van der Waals surface area contributed by atoms with E-state index in [9.17, 15) is 4.79 Å². The lowest BCUT2D eigenvalue weighted by Crippen LogP contribution is -2.45. The van der Waals surface area contributed by atoms with Gasteiger partial charge in [0, 0.05) is 13.2 Å². The van der Waals surface area contributed by atoms with Gasteiger partial charge in [0.2, 0.25) is 5.91 Å². The zero-order valence-corrected chi connectivity index (χ0v) is 13.3. The molecule has 4 atom stereocenters. The predicted molar refractivity (Wildman–Crippen MR) is 77.8 cm³/mol. The molecule has 1 fully saturated rings. The van der Waals surface area contributed by atoms with Crippen LogP contribution in [0, 0.1) is 11.8 Å². The van der Waals surface area contributed by atoms with Gasteiger partial charge in [0.05, 0.1) is 18.3 Å². The van der Waals surface area contributed by atoms with Gasteiger partial charge in [-0.2, -0.15) is 0 Å². The maximum atomic E-state index is 12.6. The smallest absolute Gasteiger partial charge is 0.241 e. The summed E-state index contributed by atoms with van der Waals surface area (Å²) in [7, 11) is 0. The van der Waals surface area contributed by atoms with Gasteiger partial charge in [0.1, 0.15) is 0 Å². The summed E-state index contributed by atoms with van der Waals surface area (Å²) in [4.78, 5) is 14.5.